The molecule has 0 aliphatic carbocycles. The normalized spacial score (nSPS) is 10.8. The Morgan fingerprint density at radius 2 is 1.90 bits per heavy atom. The van der Waals surface area contributed by atoms with Crippen molar-refractivity contribution in [1.29, 1.82) is 0 Å². The number of carbonyl (C=O) groups is 2. The minimum Gasteiger partial charge on any atom is -0.355 e. The third-order valence-corrected chi connectivity index (χ3v) is 4.81. The fourth-order valence-corrected chi connectivity index (χ4v) is 3.39. The number of nitrogens with one attached hydrogen (secondary N) is 3. The van der Waals surface area contributed by atoms with Gasteiger partial charge in [-0.15, -0.1) is 11.3 Å². The van der Waals surface area contributed by atoms with E-state index in [9.17, 15) is 9.59 Å². The van der Waals surface area contributed by atoms with Gasteiger partial charge in [0, 0.05) is 30.7 Å². The minimum atomic E-state index is -0.443. The van der Waals surface area contributed by atoms with Crippen molar-refractivity contribution in [3.8, 4) is 0 Å². The molecule has 4 aromatic rings. The van der Waals surface area contributed by atoms with Crippen molar-refractivity contribution in [1.82, 2.24) is 30.2 Å². The van der Waals surface area contributed by atoms with Gasteiger partial charge in [-0.05, 0) is 18.2 Å². The van der Waals surface area contributed by atoms with E-state index >= 15 is 0 Å². The van der Waals surface area contributed by atoms with Crippen LogP contribution in [0.3, 0.4) is 0 Å². The first-order valence-corrected chi connectivity index (χ1v) is 9.78. The highest BCUT2D eigenvalue weighted by atomic mass is 32.1. The molecule has 3 aromatic heterocycles. The highest BCUT2D eigenvalue weighted by Crippen LogP contribution is 2.16. The maximum atomic E-state index is 12.1. The zero-order chi connectivity index (χ0) is 20.1. The molecular weight excluding hydrogens is 390 g/mol. The predicted octanol–water partition coefficient (Wildman–Crippen LogP) is 1.96. The number of anilines is 1. The predicted molar refractivity (Wildman–Crippen MR) is 109 cm³/mol. The topological polar surface area (TPSA) is 126 Å². The number of carbonyl (C=O) groups excluding carboxylic acids is 2. The Morgan fingerprint density at radius 3 is 2.72 bits per heavy atom. The van der Waals surface area contributed by atoms with Gasteiger partial charge in [-0.3, -0.25) is 14.9 Å². The average molecular weight is 407 g/mol. The van der Waals surface area contributed by atoms with E-state index in [1.807, 2.05) is 24.3 Å². The third-order valence-electron chi connectivity index (χ3n) is 4.01. The number of thiazole rings is 1. The highest BCUT2D eigenvalue weighted by Gasteiger charge is 2.13. The number of para-hydroxylation sites is 2. The molecule has 0 unspecified atom stereocenters. The number of nitrogens with zero attached hydrogens (tertiary/aromatic N) is 4. The lowest BCUT2D eigenvalue weighted by Gasteiger charge is -2.02. The van der Waals surface area contributed by atoms with Gasteiger partial charge < -0.3 is 10.3 Å². The van der Waals surface area contributed by atoms with Crippen LogP contribution in [0.1, 0.15) is 22.1 Å². The van der Waals surface area contributed by atoms with Crippen molar-refractivity contribution < 1.29 is 9.59 Å². The summed E-state index contributed by atoms with van der Waals surface area (Å²) < 4.78 is 0. The van der Waals surface area contributed by atoms with Crippen LogP contribution in [0.15, 0.2) is 48.1 Å². The molecule has 0 radical (unpaired) electrons. The van der Waals surface area contributed by atoms with Crippen LogP contribution < -0.4 is 10.6 Å². The van der Waals surface area contributed by atoms with E-state index in [0.29, 0.717) is 23.8 Å². The Labute approximate surface area is 169 Å². The Bertz CT molecular complexity index is 1110. The number of hydrogen-bond donors (Lipinski definition) is 3. The molecule has 0 aliphatic heterocycles. The van der Waals surface area contributed by atoms with Crippen molar-refractivity contribution >= 4 is 39.3 Å². The second kappa shape index (κ2) is 8.57. The summed E-state index contributed by atoms with van der Waals surface area (Å²) in [6, 6.07) is 9.42. The summed E-state index contributed by atoms with van der Waals surface area (Å²) in [5, 5.41) is 7.62. The number of aromatic nitrogens is 5. The monoisotopic (exact) mass is 407 g/mol. The summed E-state index contributed by atoms with van der Waals surface area (Å²) in [6.07, 6.45) is 3.72. The van der Waals surface area contributed by atoms with Crippen LogP contribution in [0.5, 0.6) is 0 Å². The quantitative estimate of drug-likeness (QED) is 0.430. The molecule has 4 rings (SSSR count). The number of imidazole rings is 1. The Morgan fingerprint density at radius 1 is 1.07 bits per heavy atom. The number of amides is 2. The van der Waals surface area contributed by atoms with Gasteiger partial charge in [-0.1, -0.05) is 12.1 Å². The molecule has 29 heavy (non-hydrogen) atoms. The van der Waals surface area contributed by atoms with E-state index in [0.717, 1.165) is 16.9 Å². The average Bonchev–Trinajstić information content (AvgIpc) is 3.34. The summed E-state index contributed by atoms with van der Waals surface area (Å²) in [5.41, 5.74) is 2.47. The molecular formula is C19H17N7O2S. The molecule has 0 saturated heterocycles. The van der Waals surface area contributed by atoms with E-state index in [1.165, 1.54) is 23.7 Å². The number of hydrogen-bond acceptors (Lipinski definition) is 7. The maximum Gasteiger partial charge on any atom is 0.295 e. The van der Waals surface area contributed by atoms with Gasteiger partial charge in [-0.2, -0.15) is 0 Å². The Balaban J connectivity index is 1.25. The first-order valence-electron chi connectivity index (χ1n) is 8.90. The molecule has 9 nitrogen and oxygen atoms in total. The van der Waals surface area contributed by atoms with Crippen LogP contribution in [-0.2, 0) is 17.6 Å². The first kappa shape index (κ1) is 18.7. The van der Waals surface area contributed by atoms with Crippen molar-refractivity contribution in [3.63, 3.8) is 0 Å². The Kier molecular flexibility index (Phi) is 5.52. The van der Waals surface area contributed by atoms with Gasteiger partial charge in [0.25, 0.3) is 5.91 Å². The number of benzene rings is 1. The smallest absolute Gasteiger partial charge is 0.295 e. The molecule has 3 heterocycles. The molecule has 3 N–H and O–H groups in total. The first-order chi connectivity index (χ1) is 14.2. The van der Waals surface area contributed by atoms with Crippen molar-refractivity contribution in [2.75, 3.05) is 11.9 Å². The Hall–Kier alpha value is -3.66. The SMILES string of the molecule is O=C(Cc1csc(NC(=O)c2ncccn2)n1)NCCc1nc2ccccc2[nH]1. The van der Waals surface area contributed by atoms with Crippen molar-refractivity contribution in [3.05, 3.63) is 65.4 Å². The lowest BCUT2D eigenvalue weighted by atomic mass is 10.3. The summed E-state index contributed by atoms with van der Waals surface area (Å²) in [5.74, 6) is 0.304. The molecule has 1 aromatic carbocycles. The number of fused-ring (bicyclic) bond motifs is 1. The van der Waals surface area contributed by atoms with Crippen LogP contribution in [0.2, 0.25) is 0 Å². The summed E-state index contributed by atoms with van der Waals surface area (Å²) in [4.78, 5) is 43.9. The van der Waals surface area contributed by atoms with Crippen molar-refractivity contribution in [2.45, 2.75) is 12.8 Å². The van der Waals surface area contributed by atoms with E-state index in [-0.39, 0.29) is 18.2 Å². The molecule has 0 fully saturated rings. The zero-order valence-corrected chi connectivity index (χ0v) is 16.1. The molecule has 0 saturated carbocycles. The fourth-order valence-electron chi connectivity index (χ4n) is 2.69. The lowest BCUT2D eigenvalue weighted by Crippen LogP contribution is -2.27. The van der Waals surface area contributed by atoms with Crippen LogP contribution in [0.25, 0.3) is 11.0 Å². The summed E-state index contributed by atoms with van der Waals surface area (Å²) >= 11 is 1.24. The second-order valence-electron chi connectivity index (χ2n) is 6.15. The molecule has 0 aliphatic rings. The van der Waals surface area contributed by atoms with Gasteiger partial charge in [-0.25, -0.2) is 19.9 Å². The van der Waals surface area contributed by atoms with Crippen LogP contribution in [-0.4, -0.2) is 43.3 Å². The largest absolute Gasteiger partial charge is 0.355 e. The molecule has 146 valence electrons. The summed E-state index contributed by atoms with van der Waals surface area (Å²) in [7, 11) is 0. The van der Waals surface area contributed by atoms with Gasteiger partial charge in [0.2, 0.25) is 11.7 Å². The molecule has 0 spiro atoms. The molecule has 2 amide bonds. The van der Waals surface area contributed by atoms with Gasteiger partial charge >= 0.3 is 0 Å². The molecule has 0 bridgehead atoms. The van der Waals surface area contributed by atoms with Crippen LogP contribution in [0, 0.1) is 0 Å². The van der Waals surface area contributed by atoms with E-state index in [2.05, 4.69) is 35.6 Å². The number of aromatic amines is 1. The second-order valence-corrected chi connectivity index (χ2v) is 7.01. The highest BCUT2D eigenvalue weighted by molar-refractivity contribution is 7.14. The summed E-state index contributed by atoms with van der Waals surface area (Å²) in [6.45, 7) is 0.470. The maximum absolute atomic E-state index is 12.1. The van der Waals surface area contributed by atoms with E-state index in [1.54, 1.807) is 11.4 Å². The van der Waals surface area contributed by atoms with E-state index < -0.39 is 5.91 Å². The van der Waals surface area contributed by atoms with Crippen molar-refractivity contribution in [2.24, 2.45) is 0 Å². The fraction of sp³-hybridized carbons (Fsp3) is 0.158. The van der Waals surface area contributed by atoms with Crippen LogP contribution >= 0.6 is 11.3 Å². The standard InChI is InChI=1S/C19H17N7O2S/c27-16(20-9-6-15-24-13-4-1-2-5-14(13)25-15)10-12-11-29-19(23-12)26-18(28)17-21-7-3-8-22-17/h1-5,7-8,11H,6,9-10H2,(H,20,27)(H,24,25)(H,23,26,28). The molecule has 10 heteroatoms. The van der Waals surface area contributed by atoms with Gasteiger partial charge in [0.05, 0.1) is 23.1 Å². The minimum absolute atomic E-state index is 0.0626. The van der Waals surface area contributed by atoms with Gasteiger partial charge in [0.15, 0.2) is 5.13 Å². The number of H-pyrrole nitrogens is 1. The molecule has 0 atom stereocenters. The lowest BCUT2D eigenvalue weighted by molar-refractivity contribution is -0.120. The number of rotatable bonds is 7. The zero-order valence-electron chi connectivity index (χ0n) is 15.3. The van der Waals surface area contributed by atoms with Gasteiger partial charge in [0.1, 0.15) is 5.82 Å². The van der Waals surface area contributed by atoms with E-state index in [4.69, 9.17) is 0 Å². The third kappa shape index (κ3) is 4.79. The van der Waals surface area contributed by atoms with Crippen LogP contribution in [0.4, 0.5) is 5.13 Å².